The van der Waals surface area contributed by atoms with Gasteiger partial charge in [0.25, 0.3) is 0 Å². The first kappa shape index (κ1) is 18.0. The standard InChI is InChI=1S/C19H23N3O4/c1-12(2)17-11-15(21-26-17)16-5-4-10-22(16)19(24)20-14-8-6-13(7-9-14)18(23)25-3/h6-9,11-12,16H,4-5,10H2,1-3H3,(H,20,24)/t16-/m1/s1. The Balaban J connectivity index is 1.69. The number of carbonyl (C=O) groups excluding carboxylic acids is 2. The van der Waals surface area contributed by atoms with Gasteiger partial charge in [-0.05, 0) is 37.1 Å². The van der Waals surface area contributed by atoms with Gasteiger partial charge < -0.3 is 19.5 Å². The Morgan fingerprint density at radius 3 is 2.65 bits per heavy atom. The largest absolute Gasteiger partial charge is 0.465 e. The number of methoxy groups -OCH3 is 1. The maximum atomic E-state index is 12.7. The molecule has 7 nitrogen and oxygen atoms in total. The van der Waals surface area contributed by atoms with Crippen molar-refractivity contribution in [1.29, 1.82) is 0 Å². The molecule has 7 heteroatoms. The van der Waals surface area contributed by atoms with Gasteiger partial charge >= 0.3 is 12.0 Å². The molecule has 0 bridgehead atoms. The molecule has 2 heterocycles. The second kappa shape index (κ2) is 7.59. The molecule has 0 aliphatic carbocycles. The van der Waals surface area contributed by atoms with E-state index in [0.717, 1.165) is 24.3 Å². The monoisotopic (exact) mass is 357 g/mol. The second-order valence-corrected chi connectivity index (χ2v) is 6.66. The van der Waals surface area contributed by atoms with E-state index in [1.807, 2.05) is 19.9 Å². The Bertz CT molecular complexity index is 782. The summed E-state index contributed by atoms with van der Waals surface area (Å²) in [6, 6.07) is 8.27. The van der Waals surface area contributed by atoms with Crippen LogP contribution in [0.3, 0.4) is 0 Å². The molecule has 1 aliphatic rings. The third-order valence-corrected chi connectivity index (χ3v) is 4.53. The summed E-state index contributed by atoms with van der Waals surface area (Å²) in [6.45, 7) is 4.75. The molecule has 2 amide bonds. The predicted octanol–water partition coefficient (Wildman–Crippen LogP) is 3.95. The molecule has 2 aromatic rings. The van der Waals surface area contributed by atoms with Crippen LogP contribution >= 0.6 is 0 Å². The molecule has 1 aromatic heterocycles. The summed E-state index contributed by atoms with van der Waals surface area (Å²) in [7, 11) is 1.33. The summed E-state index contributed by atoms with van der Waals surface area (Å²) < 4.78 is 10.0. The molecular weight excluding hydrogens is 334 g/mol. The number of rotatable bonds is 4. The highest BCUT2D eigenvalue weighted by Gasteiger charge is 2.32. The quantitative estimate of drug-likeness (QED) is 0.838. The van der Waals surface area contributed by atoms with Crippen LogP contribution in [0.4, 0.5) is 10.5 Å². The molecule has 1 aliphatic heterocycles. The number of nitrogens with zero attached hydrogens (tertiary/aromatic N) is 2. The Kier molecular flexibility index (Phi) is 5.25. The molecule has 0 unspecified atom stereocenters. The molecule has 0 spiro atoms. The summed E-state index contributed by atoms with van der Waals surface area (Å²) in [5, 5.41) is 7.03. The highest BCUT2D eigenvalue weighted by Crippen LogP contribution is 2.33. The van der Waals surface area contributed by atoms with E-state index >= 15 is 0 Å². The Hall–Kier alpha value is -2.83. The number of carbonyl (C=O) groups is 2. The first-order chi connectivity index (χ1) is 12.5. The van der Waals surface area contributed by atoms with Crippen molar-refractivity contribution in [3.8, 4) is 0 Å². The summed E-state index contributed by atoms with van der Waals surface area (Å²) in [5.74, 6) is 0.674. The van der Waals surface area contributed by atoms with Crippen LogP contribution in [-0.2, 0) is 4.74 Å². The van der Waals surface area contributed by atoms with Crippen molar-refractivity contribution in [1.82, 2.24) is 10.1 Å². The average Bonchev–Trinajstić information content (AvgIpc) is 3.30. The van der Waals surface area contributed by atoms with E-state index < -0.39 is 5.97 Å². The van der Waals surface area contributed by atoms with E-state index in [0.29, 0.717) is 17.8 Å². The number of hydrogen-bond donors (Lipinski definition) is 1. The summed E-state index contributed by atoms with van der Waals surface area (Å²) in [6.07, 6.45) is 1.78. The third-order valence-electron chi connectivity index (χ3n) is 4.53. The lowest BCUT2D eigenvalue weighted by Crippen LogP contribution is -2.34. The van der Waals surface area contributed by atoms with Gasteiger partial charge in [0.05, 0.1) is 18.7 Å². The number of aromatic nitrogens is 1. The summed E-state index contributed by atoms with van der Waals surface area (Å²) in [4.78, 5) is 25.9. The molecule has 1 saturated heterocycles. The summed E-state index contributed by atoms with van der Waals surface area (Å²) >= 11 is 0. The number of nitrogens with one attached hydrogen (secondary N) is 1. The number of urea groups is 1. The van der Waals surface area contributed by atoms with Crippen molar-refractivity contribution in [2.75, 3.05) is 19.0 Å². The lowest BCUT2D eigenvalue weighted by atomic mass is 10.1. The number of benzene rings is 1. The topological polar surface area (TPSA) is 84.7 Å². The van der Waals surface area contributed by atoms with Crippen LogP contribution in [0.5, 0.6) is 0 Å². The number of hydrogen-bond acceptors (Lipinski definition) is 5. The van der Waals surface area contributed by atoms with Crippen LogP contribution in [-0.4, -0.2) is 35.7 Å². The van der Waals surface area contributed by atoms with Crippen molar-refractivity contribution >= 4 is 17.7 Å². The zero-order chi connectivity index (χ0) is 18.7. The van der Waals surface area contributed by atoms with Gasteiger partial charge in [-0.25, -0.2) is 9.59 Å². The fraction of sp³-hybridized carbons (Fsp3) is 0.421. The molecule has 1 aromatic carbocycles. The van der Waals surface area contributed by atoms with E-state index in [1.165, 1.54) is 7.11 Å². The normalized spacial score (nSPS) is 16.8. The van der Waals surface area contributed by atoms with Gasteiger partial charge in [0.15, 0.2) is 0 Å². The number of likely N-dealkylation sites (tertiary alicyclic amines) is 1. The molecule has 26 heavy (non-hydrogen) atoms. The number of anilines is 1. The smallest absolute Gasteiger partial charge is 0.337 e. The zero-order valence-electron chi connectivity index (χ0n) is 15.2. The van der Waals surface area contributed by atoms with E-state index in [4.69, 9.17) is 4.52 Å². The highest BCUT2D eigenvalue weighted by atomic mass is 16.5. The summed E-state index contributed by atoms with van der Waals surface area (Å²) in [5.41, 5.74) is 1.85. The number of esters is 1. The number of amides is 2. The van der Waals surface area contributed by atoms with Crippen LogP contribution in [0.2, 0.25) is 0 Å². The van der Waals surface area contributed by atoms with Gasteiger partial charge in [0.1, 0.15) is 11.5 Å². The molecule has 1 atom stereocenters. The van der Waals surface area contributed by atoms with Crippen LogP contribution in [0.25, 0.3) is 0 Å². The first-order valence-corrected chi connectivity index (χ1v) is 8.72. The Morgan fingerprint density at radius 1 is 1.31 bits per heavy atom. The van der Waals surface area contributed by atoms with E-state index in [9.17, 15) is 9.59 Å². The van der Waals surface area contributed by atoms with Crippen LogP contribution in [0, 0.1) is 0 Å². The van der Waals surface area contributed by atoms with Crippen LogP contribution in [0.15, 0.2) is 34.9 Å². The fourth-order valence-corrected chi connectivity index (χ4v) is 3.05. The Labute approximate surface area is 152 Å². The van der Waals surface area contributed by atoms with Crippen molar-refractivity contribution in [2.24, 2.45) is 0 Å². The fourth-order valence-electron chi connectivity index (χ4n) is 3.05. The van der Waals surface area contributed by atoms with E-state index in [2.05, 4.69) is 15.2 Å². The Morgan fingerprint density at radius 2 is 2.04 bits per heavy atom. The SMILES string of the molecule is COC(=O)c1ccc(NC(=O)N2CCC[C@@H]2c2cc(C(C)C)on2)cc1. The third kappa shape index (κ3) is 3.71. The van der Waals surface area contributed by atoms with Gasteiger partial charge in [-0.3, -0.25) is 0 Å². The predicted molar refractivity (Wildman–Crippen MR) is 96.1 cm³/mol. The van der Waals surface area contributed by atoms with Crippen LogP contribution < -0.4 is 5.32 Å². The second-order valence-electron chi connectivity index (χ2n) is 6.66. The minimum absolute atomic E-state index is 0.0828. The molecule has 1 fully saturated rings. The molecular formula is C19H23N3O4. The average molecular weight is 357 g/mol. The molecule has 138 valence electrons. The minimum Gasteiger partial charge on any atom is -0.465 e. The van der Waals surface area contributed by atoms with Crippen molar-refractivity contribution < 1.29 is 18.8 Å². The van der Waals surface area contributed by atoms with Gasteiger partial charge in [-0.15, -0.1) is 0 Å². The molecule has 3 rings (SSSR count). The molecule has 0 radical (unpaired) electrons. The van der Waals surface area contributed by atoms with E-state index in [1.54, 1.807) is 29.2 Å². The molecule has 1 N–H and O–H groups in total. The maximum Gasteiger partial charge on any atom is 0.337 e. The molecule has 0 saturated carbocycles. The maximum absolute atomic E-state index is 12.7. The van der Waals surface area contributed by atoms with Crippen molar-refractivity contribution in [2.45, 2.75) is 38.6 Å². The van der Waals surface area contributed by atoms with Crippen LogP contribution in [0.1, 0.15) is 60.5 Å². The minimum atomic E-state index is -0.408. The zero-order valence-corrected chi connectivity index (χ0v) is 15.2. The lowest BCUT2D eigenvalue weighted by molar-refractivity contribution is 0.0600. The van der Waals surface area contributed by atoms with Gasteiger partial charge in [0.2, 0.25) is 0 Å². The lowest BCUT2D eigenvalue weighted by Gasteiger charge is -2.23. The van der Waals surface area contributed by atoms with Gasteiger partial charge in [-0.2, -0.15) is 0 Å². The van der Waals surface area contributed by atoms with Crippen molar-refractivity contribution in [3.63, 3.8) is 0 Å². The van der Waals surface area contributed by atoms with E-state index in [-0.39, 0.29) is 18.0 Å². The first-order valence-electron chi connectivity index (χ1n) is 8.72. The van der Waals surface area contributed by atoms with Gasteiger partial charge in [-0.1, -0.05) is 19.0 Å². The van der Waals surface area contributed by atoms with Gasteiger partial charge in [0, 0.05) is 24.2 Å². The highest BCUT2D eigenvalue weighted by molar-refractivity contribution is 5.92. The number of ether oxygens (including phenoxy) is 1. The van der Waals surface area contributed by atoms with Crippen molar-refractivity contribution in [3.05, 3.63) is 47.3 Å².